The highest BCUT2D eigenvalue weighted by molar-refractivity contribution is 6.30. The number of rotatable bonds is 8. The number of aryl methyl sites for hydroxylation is 2. The summed E-state index contributed by atoms with van der Waals surface area (Å²) in [5.74, 6) is 0.371. The Morgan fingerprint density at radius 3 is 2.34 bits per heavy atom. The highest BCUT2D eigenvalue weighted by Crippen LogP contribution is 2.26. The number of halogens is 1. The third-order valence-electron chi connectivity index (χ3n) is 5.54. The summed E-state index contributed by atoms with van der Waals surface area (Å²) in [7, 11) is 0. The first-order chi connectivity index (χ1) is 15.1. The summed E-state index contributed by atoms with van der Waals surface area (Å²) in [5.41, 5.74) is 3.17. The molecule has 0 fully saturated rings. The van der Waals surface area contributed by atoms with Gasteiger partial charge in [0.25, 0.3) is 5.91 Å². The van der Waals surface area contributed by atoms with E-state index in [4.69, 9.17) is 16.3 Å². The average molecular weight is 451 g/mol. The van der Waals surface area contributed by atoms with Crippen LogP contribution in [0.2, 0.25) is 5.02 Å². The lowest BCUT2D eigenvalue weighted by molar-refractivity contribution is -0.135. The number of carbonyl (C=O) groups excluding carboxylic acids is 1. The van der Waals surface area contributed by atoms with E-state index < -0.39 is 5.60 Å². The van der Waals surface area contributed by atoms with Gasteiger partial charge in [0.1, 0.15) is 0 Å². The van der Waals surface area contributed by atoms with E-state index in [-0.39, 0.29) is 17.9 Å². The molecule has 168 valence electrons. The number of hydrogen-bond donors (Lipinski definition) is 1. The van der Waals surface area contributed by atoms with E-state index in [2.05, 4.69) is 22.4 Å². The van der Waals surface area contributed by atoms with Crippen molar-refractivity contribution in [2.75, 3.05) is 0 Å². The van der Waals surface area contributed by atoms with Crippen molar-refractivity contribution in [1.29, 1.82) is 0 Å². The molecule has 2 atom stereocenters. The Hall–Kier alpha value is -2.85. The van der Waals surface area contributed by atoms with Gasteiger partial charge in [-0.1, -0.05) is 54.1 Å². The normalized spacial score (nSPS) is 13.3. The zero-order valence-corrected chi connectivity index (χ0v) is 20.1. The van der Waals surface area contributed by atoms with E-state index in [0.717, 1.165) is 17.7 Å². The fourth-order valence-electron chi connectivity index (χ4n) is 3.80. The van der Waals surface area contributed by atoms with E-state index in [1.165, 1.54) is 11.1 Å². The quantitative estimate of drug-likeness (QED) is 0.455. The Morgan fingerprint density at radius 1 is 1.06 bits per heavy atom. The highest BCUT2D eigenvalue weighted by atomic mass is 35.5. The van der Waals surface area contributed by atoms with Crippen molar-refractivity contribution in [3.05, 3.63) is 94.1 Å². The molecule has 0 bridgehead atoms. The zero-order chi connectivity index (χ0) is 23.3. The van der Waals surface area contributed by atoms with E-state index in [0.29, 0.717) is 10.9 Å². The number of hydrogen-bond acceptors (Lipinski definition) is 3. The number of aromatic nitrogens is 1. The van der Waals surface area contributed by atoms with Gasteiger partial charge in [0.2, 0.25) is 5.88 Å². The molecule has 0 saturated carbocycles. The summed E-state index contributed by atoms with van der Waals surface area (Å²) >= 11 is 6.06. The first-order valence-electron chi connectivity index (χ1n) is 10.9. The molecule has 0 aliphatic rings. The fraction of sp³-hybridized carbons (Fsp3) is 0.333. The van der Waals surface area contributed by atoms with Gasteiger partial charge in [-0.2, -0.15) is 0 Å². The van der Waals surface area contributed by atoms with Crippen LogP contribution in [0.1, 0.15) is 49.1 Å². The summed E-state index contributed by atoms with van der Waals surface area (Å²) in [6.07, 6.45) is 0.780. The minimum atomic E-state index is -1.07. The predicted molar refractivity (Wildman–Crippen MR) is 130 cm³/mol. The molecule has 0 radical (unpaired) electrons. The van der Waals surface area contributed by atoms with Crippen LogP contribution in [-0.2, 0) is 11.2 Å². The third-order valence-corrected chi connectivity index (χ3v) is 5.79. The first-order valence-corrected chi connectivity index (χ1v) is 11.3. The number of pyridine rings is 1. The Labute approximate surface area is 196 Å². The topological polar surface area (TPSA) is 51.2 Å². The van der Waals surface area contributed by atoms with Crippen LogP contribution >= 0.6 is 11.6 Å². The van der Waals surface area contributed by atoms with Gasteiger partial charge >= 0.3 is 0 Å². The Morgan fingerprint density at radius 2 is 1.72 bits per heavy atom. The predicted octanol–water partition coefficient (Wildman–Crippen LogP) is 6.04. The SMILES string of the molecule is Cc1cc(C)nc(OC(C)(C)C(=O)NC(C)[C@@H](Cc2ccc(Cl)cc2)c2ccccc2)c1. The lowest BCUT2D eigenvalue weighted by Crippen LogP contribution is -2.51. The Balaban J connectivity index is 1.77. The summed E-state index contributed by atoms with van der Waals surface area (Å²) in [5, 5.41) is 3.90. The lowest BCUT2D eigenvalue weighted by atomic mass is 9.86. The number of carbonyl (C=O) groups is 1. The number of benzene rings is 2. The molecular weight excluding hydrogens is 420 g/mol. The van der Waals surface area contributed by atoms with Crippen molar-refractivity contribution in [3.8, 4) is 5.88 Å². The second-order valence-electron chi connectivity index (χ2n) is 8.85. The molecule has 1 aromatic heterocycles. The maximum atomic E-state index is 13.2. The largest absolute Gasteiger partial charge is 0.462 e. The molecule has 1 amide bonds. The minimum Gasteiger partial charge on any atom is -0.462 e. The van der Waals surface area contributed by atoms with Gasteiger partial charge in [0, 0.05) is 28.7 Å². The van der Waals surface area contributed by atoms with Crippen LogP contribution < -0.4 is 10.1 Å². The Bertz CT molecular complexity index is 1030. The van der Waals surface area contributed by atoms with Crippen LogP contribution in [0.3, 0.4) is 0 Å². The summed E-state index contributed by atoms with van der Waals surface area (Å²) in [6, 6.07) is 21.8. The van der Waals surface area contributed by atoms with Crippen molar-refractivity contribution in [2.45, 2.75) is 58.6 Å². The molecule has 3 aromatic rings. The second-order valence-corrected chi connectivity index (χ2v) is 9.28. The maximum Gasteiger partial charge on any atom is 0.263 e. The molecule has 0 aliphatic heterocycles. The molecule has 0 spiro atoms. The first kappa shape index (κ1) is 23.8. The molecule has 1 N–H and O–H groups in total. The van der Waals surface area contributed by atoms with Crippen molar-refractivity contribution in [3.63, 3.8) is 0 Å². The zero-order valence-electron chi connectivity index (χ0n) is 19.4. The molecule has 0 saturated heterocycles. The minimum absolute atomic E-state index is 0.0939. The van der Waals surface area contributed by atoms with Crippen LogP contribution in [0.15, 0.2) is 66.7 Å². The number of amides is 1. The number of ether oxygens (including phenoxy) is 1. The van der Waals surface area contributed by atoms with Gasteiger partial charge in [-0.05, 0) is 75.9 Å². The van der Waals surface area contributed by atoms with Crippen molar-refractivity contribution in [2.24, 2.45) is 0 Å². The molecular formula is C27H31ClN2O2. The Kier molecular flexibility index (Phi) is 7.57. The number of nitrogens with one attached hydrogen (secondary N) is 1. The van der Waals surface area contributed by atoms with E-state index in [1.807, 2.05) is 75.4 Å². The summed E-state index contributed by atoms with van der Waals surface area (Å²) in [6.45, 7) is 9.47. The third kappa shape index (κ3) is 6.33. The molecule has 1 heterocycles. The average Bonchev–Trinajstić information content (AvgIpc) is 2.72. The molecule has 4 nitrogen and oxygen atoms in total. The smallest absolute Gasteiger partial charge is 0.263 e. The molecule has 2 aromatic carbocycles. The van der Waals surface area contributed by atoms with Gasteiger partial charge in [-0.3, -0.25) is 4.79 Å². The monoisotopic (exact) mass is 450 g/mol. The van der Waals surface area contributed by atoms with E-state index in [1.54, 1.807) is 13.8 Å². The lowest BCUT2D eigenvalue weighted by Gasteiger charge is -2.30. The van der Waals surface area contributed by atoms with Gasteiger partial charge in [0.15, 0.2) is 5.60 Å². The van der Waals surface area contributed by atoms with Crippen LogP contribution in [0.5, 0.6) is 5.88 Å². The van der Waals surface area contributed by atoms with Crippen LogP contribution in [0.4, 0.5) is 0 Å². The van der Waals surface area contributed by atoms with Crippen LogP contribution in [-0.4, -0.2) is 22.5 Å². The summed E-state index contributed by atoms with van der Waals surface area (Å²) < 4.78 is 6.01. The summed E-state index contributed by atoms with van der Waals surface area (Å²) in [4.78, 5) is 17.6. The maximum absolute atomic E-state index is 13.2. The van der Waals surface area contributed by atoms with Crippen LogP contribution in [0.25, 0.3) is 0 Å². The molecule has 1 unspecified atom stereocenters. The number of nitrogens with zero attached hydrogens (tertiary/aromatic N) is 1. The molecule has 0 aliphatic carbocycles. The highest BCUT2D eigenvalue weighted by Gasteiger charge is 2.33. The second kappa shape index (κ2) is 10.2. The molecule has 32 heavy (non-hydrogen) atoms. The van der Waals surface area contributed by atoms with Crippen molar-refractivity contribution in [1.82, 2.24) is 10.3 Å². The standard InChI is InChI=1S/C27H31ClN2O2/c1-18-15-19(2)29-25(16-18)32-27(4,5)26(31)30-20(3)24(22-9-7-6-8-10-22)17-21-11-13-23(28)14-12-21/h6-16,20,24H,17H2,1-5H3,(H,30,31)/t20?,24-/m1/s1. The van der Waals surface area contributed by atoms with Crippen molar-refractivity contribution < 1.29 is 9.53 Å². The van der Waals surface area contributed by atoms with Gasteiger partial charge < -0.3 is 10.1 Å². The van der Waals surface area contributed by atoms with Crippen molar-refractivity contribution >= 4 is 17.5 Å². The fourth-order valence-corrected chi connectivity index (χ4v) is 3.93. The van der Waals surface area contributed by atoms with Gasteiger partial charge in [-0.15, -0.1) is 0 Å². The molecule has 5 heteroatoms. The van der Waals surface area contributed by atoms with Gasteiger partial charge in [-0.25, -0.2) is 4.98 Å². The van der Waals surface area contributed by atoms with E-state index >= 15 is 0 Å². The van der Waals surface area contributed by atoms with Gasteiger partial charge in [0.05, 0.1) is 0 Å². The molecule has 3 rings (SSSR count). The van der Waals surface area contributed by atoms with E-state index in [9.17, 15) is 4.79 Å². The van der Waals surface area contributed by atoms with Crippen LogP contribution in [0, 0.1) is 13.8 Å².